The van der Waals surface area contributed by atoms with E-state index in [0.29, 0.717) is 11.3 Å². The molecule has 1 unspecified atom stereocenters. The number of carbonyl (C=O) groups is 1. The van der Waals surface area contributed by atoms with Crippen LogP contribution in [0.5, 0.6) is 0 Å². The lowest BCUT2D eigenvalue weighted by Crippen LogP contribution is -2.51. The van der Waals surface area contributed by atoms with Crippen molar-refractivity contribution in [1.82, 2.24) is 4.72 Å². The van der Waals surface area contributed by atoms with Crippen molar-refractivity contribution in [1.29, 1.82) is 5.26 Å². The van der Waals surface area contributed by atoms with Crippen molar-refractivity contribution in [2.45, 2.75) is 31.1 Å². The molecule has 0 saturated carbocycles. The van der Waals surface area contributed by atoms with Gasteiger partial charge in [0.2, 0.25) is 5.54 Å². The van der Waals surface area contributed by atoms with Gasteiger partial charge in [-0.05, 0) is 26.8 Å². The van der Waals surface area contributed by atoms with Crippen LogP contribution in [-0.4, -0.2) is 14.9 Å². The number of nitriles is 1. The summed E-state index contributed by atoms with van der Waals surface area (Å²) in [6, 6.07) is 8.88. The molecule has 1 amide bonds. The Hall–Kier alpha value is -1.71. The summed E-state index contributed by atoms with van der Waals surface area (Å²) in [4.78, 5) is 12.1. The minimum atomic E-state index is -1.59. The Morgan fingerprint density at radius 3 is 2.58 bits per heavy atom. The highest BCUT2D eigenvalue weighted by molar-refractivity contribution is 7.84. The van der Waals surface area contributed by atoms with Crippen LogP contribution in [0.15, 0.2) is 24.3 Å². The lowest BCUT2D eigenvalue weighted by atomic mass is 9.94. The summed E-state index contributed by atoms with van der Waals surface area (Å²) in [5.74, 6) is -0.492. The second-order valence-corrected chi connectivity index (χ2v) is 7.31. The van der Waals surface area contributed by atoms with Gasteiger partial charge in [-0.15, -0.1) is 0 Å². The summed E-state index contributed by atoms with van der Waals surface area (Å²) in [6.45, 7) is 5.33. The normalized spacial score (nSPS) is 23.4. The fourth-order valence-corrected chi connectivity index (χ4v) is 2.62. The summed E-state index contributed by atoms with van der Waals surface area (Å²) in [6.07, 6.45) is 0. The molecule has 100 valence electrons. The molecule has 2 atom stereocenters. The molecule has 5 nitrogen and oxygen atoms in total. The molecule has 1 aliphatic rings. The Balaban J connectivity index is 2.48. The highest BCUT2D eigenvalue weighted by atomic mass is 32.2. The van der Waals surface area contributed by atoms with Crippen LogP contribution in [0.3, 0.4) is 0 Å². The first-order valence-corrected chi connectivity index (χ1v) is 6.98. The zero-order chi connectivity index (χ0) is 14.3. The fourth-order valence-electron chi connectivity index (χ4n) is 1.78. The predicted molar refractivity (Wildman–Crippen MR) is 73.4 cm³/mol. The Kier molecular flexibility index (Phi) is 3.20. The molecule has 0 spiro atoms. The Morgan fingerprint density at radius 1 is 1.37 bits per heavy atom. The number of hydrogen-bond acceptors (Lipinski definition) is 3. The molecule has 1 aromatic rings. The highest BCUT2D eigenvalue weighted by Crippen LogP contribution is 2.36. The standard InChI is InChI=1S/C13H15N3O2S/c1-12(2,3)19(18)16-13(8-14)9-6-4-5-7-10(9)15-11(13)17/h4-7,16H,1-3H3,(H,15,17)/t13-,19?/m1/s1. The van der Waals surface area contributed by atoms with E-state index in [4.69, 9.17) is 0 Å². The molecule has 1 aromatic carbocycles. The van der Waals surface area contributed by atoms with Crippen molar-refractivity contribution in [2.75, 3.05) is 5.32 Å². The molecule has 0 fully saturated rings. The van der Waals surface area contributed by atoms with Gasteiger partial charge in [-0.1, -0.05) is 18.2 Å². The molecular formula is C13H15N3O2S. The van der Waals surface area contributed by atoms with Crippen LogP contribution in [0.25, 0.3) is 0 Å². The monoisotopic (exact) mass is 277 g/mol. The Labute approximate surface area is 114 Å². The lowest BCUT2D eigenvalue weighted by Gasteiger charge is -2.25. The molecule has 2 rings (SSSR count). The second kappa shape index (κ2) is 4.44. The van der Waals surface area contributed by atoms with Gasteiger partial charge in [0.15, 0.2) is 0 Å². The summed E-state index contributed by atoms with van der Waals surface area (Å²) in [5.41, 5.74) is -0.498. The van der Waals surface area contributed by atoms with Gasteiger partial charge in [0.1, 0.15) is 6.07 Å². The first-order valence-electron chi connectivity index (χ1n) is 5.83. The molecule has 2 N–H and O–H groups in total. The summed E-state index contributed by atoms with van der Waals surface area (Å²) in [7, 11) is -1.53. The van der Waals surface area contributed by atoms with E-state index in [-0.39, 0.29) is 0 Å². The van der Waals surface area contributed by atoms with Gasteiger partial charge >= 0.3 is 0 Å². The van der Waals surface area contributed by atoms with Crippen molar-refractivity contribution in [3.05, 3.63) is 29.8 Å². The van der Waals surface area contributed by atoms with Crippen LogP contribution in [0.4, 0.5) is 5.69 Å². The number of fused-ring (bicyclic) bond motifs is 1. The number of amides is 1. The first-order chi connectivity index (χ1) is 8.81. The average Bonchev–Trinajstić information content (AvgIpc) is 2.61. The number of anilines is 1. The van der Waals surface area contributed by atoms with Gasteiger partial charge in [0.25, 0.3) is 5.91 Å². The van der Waals surface area contributed by atoms with E-state index >= 15 is 0 Å². The summed E-state index contributed by atoms with van der Waals surface area (Å²) < 4.78 is 14.3. The maximum atomic E-state index is 12.2. The van der Waals surface area contributed by atoms with Gasteiger partial charge in [-0.3, -0.25) is 4.79 Å². The van der Waals surface area contributed by atoms with Gasteiger partial charge in [0.05, 0.1) is 15.7 Å². The minimum absolute atomic E-state index is 0.492. The maximum absolute atomic E-state index is 12.2. The summed E-state index contributed by atoms with van der Waals surface area (Å²) >= 11 is 0. The predicted octanol–water partition coefficient (Wildman–Crippen LogP) is 1.41. The van der Waals surface area contributed by atoms with E-state index in [1.807, 2.05) is 6.07 Å². The van der Waals surface area contributed by atoms with Gasteiger partial charge in [-0.2, -0.15) is 5.26 Å². The van der Waals surface area contributed by atoms with Crippen LogP contribution in [-0.2, 0) is 21.3 Å². The molecule has 19 heavy (non-hydrogen) atoms. The average molecular weight is 277 g/mol. The molecular weight excluding hydrogens is 262 g/mol. The molecule has 0 bridgehead atoms. The van der Waals surface area contributed by atoms with Crippen LogP contribution in [0.1, 0.15) is 26.3 Å². The number of nitrogens with zero attached hydrogens (tertiary/aromatic N) is 1. The van der Waals surface area contributed by atoms with Gasteiger partial charge < -0.3 is 5.32 Å². The topological polar surface area (TPSA) is 82.0 Å². The number of benzene rings is 1. The number of hydrogen-bond donors (Lipinski definition) is 2. The zero-order valence-corrected chi connectivity index (χ0v) is 11.8. The summed E-state index contributed by atoms with van der Waals surface area (Å²) in [5, 5.41) is 12.1. The SMILES string of the molecule is CC(C)(C)S(=O)N[C@@]1(C#N)C(=O)Nc2ccccc21. The minimum Gasteiger partial charge on any atom is -0.323 e. The van der Waals surface area contributed by atoms with Crippen LogP contribution < -0.4 is 10.0 Å². The number of para-hydroxylation sites is 1. The smallest absolute Gasteiger partial charge is 0.265 e. The molecule has 1 aliphatic heterocycles. The first kappa shape index (κ1) is 13.7. The van der Waals surface area contributed by atoms with E-state index < -0.39 is 27.2 Å². The van der Waals surface area contributed by atoms with Crippen molar-refractivity contribution in [2.24, 2.45) is 0 Å². The van der Waals surface area contributed by atoms with Gasteiger partial charge in [-0.25, -0.2) is 8.93 Å². The lowest BCUT2D eigenvalue weighted by molar-refractivity contribution is -0.119. The largest absolute Gasteiger partial charge is 0.323 e. The quantitative estimate of drug-likeness (QED) is 0.857. The Morgan fingerprint density at radius 2 is 2.00 bits per heavy atom. The zero-order valence-electron chi connectivity index (χ0n) is 11.0. The third-order valence-electron chi connectivity index (χ3n) is 2.89. The number of nitrogens with one attached hydrogen (secondary N) is 2. The van der Waals surface area contributed by atoms with Crippen molar-refractivity contribution < 1.29 is 9.00 Å². The van der Waals surface area contributed by atoms with Gasteiger partial charge in [0, 0.05) is 11.3 Å². The number of carbonyl (C=O) groups excluding carboxylic acids is 1. The van der Waals surface area contributed by atoms with E-state index in [1.54, 1.807) is 45.0 Å². The maximum Gasteiger partial charge on any atom is 0.265 e. The molecule has 0 saturated heterocycles. The van der Waals surface area contributed by atoms with E-state index in [9.17, 15) is 14.3 Å². The van der Waals surface area contributed by atoms with Crippen LogP contribution in [0, 0.1) is 11.3 Å². The third-order valence-corrected chi connectivity index (χ3v) is 4.49. The molecule has 0 aromatic heterocycles. The highest BCUT2D eigenvalue weighted by Gasteiger charge is 2.49. The van der Waals surface area contributed by atoms with Crippen molar-refractivity contribution >= 4 is 22.6 Å². The van der Waals surface area contributed by atoms with Crippen LogP contribution in [0.2, 0.25) is 0 Å². The van der Waals surface area contributed by atoms with E-state index in [1.165, 1.54) is 0 Å². The van der Waals surface area contributed by atoms with Crippen molar-refractivity contribution in [3.8, 4) is 6.07 Å². The second-order valence-electron chi connectivity index (χ2n) is 5.34. The molecule has 1 heterocycles. The van der Waals surface area contributed by atoms with Crippen LogP contribution >= 0.6 is 0 Å². The molecule has 0 aliphatic carbocycles. The Bertz CT molecular complexity index is 601. The van der Waals surface area contributed by atoms with Crippen molar-refractivity contribution in [3.63, 3.8) is 0 Å². The number of rotatable bonds is 2. The fraction of sp³-hybridized carbons (Fsp3) is 0.385. The van der Waals surface area contributed by atoms with E-state index in [2.05, 4.69) is 10.0 Å². The third kappa shape index (κ3) is 2.15. The molecule has 6 heteroatoms. The van der Waals surface area contributed by atoms with E-state index in [0.717, 1.165) is 0 Å². The molecule has 0 radical (unpaired) electrons.